The van der Waals surface area contributed by atoms with Gasteiger partial charge in [-0.3, -0.25) is 0 Å². The molecule has 0 amide bonds. The van der Waals surface area contributed by atoms with Crippen LogP contribution < -0.4 is 9.47 Å². The second kappa shape index (κ2) is 9.93. The highest BCUT2D eigenvalue weighted by Gasteiger charge is 2.23. The number of hydrogen-bond donors (Lipinski definition) is 2. The Kier molecular flexibility index (Phi) is 7.90. The topological polar surface area (TPSA) is 58.9 Å². The molecule has 0 aromatic heterocycles. The van der Waals surface area contributed by atoms with E-state index in [2.05, 4.69) is 13.8 Å². The van der Waals surface area contributed by atoms with Crippen LogP contribution in [0.25, 0.3) is 0 Å². The fraction of sp³-hybridized carbons (Fsp3) is 0.429. The molecule has 148 valence electrons. The summed E-state index contributed by atoms with van der Waals surface area (Å²) >= 11 is 5.56. The first-order valence-corrected chi connectivity index (χ1v) is 9.35. The molecule has 2 unspecified atom stereocenters. The molecule has 0 radical (unpaired) electrons. The van der Waals surface area contributed by atoms with Crippen LogP contribution in [0.5, 0.6) is 11.5 Å². The summed E-state index contributed by atoms with van der Waals surface area (Å²) in [7, 11) is 0. The van der Waals surface area contributed by atoms with Crippen LogP contribution in [0, 0.1) is 0 Å². The predicted molar refractivity (Wildman–Crippen MR) is 105 cm³/mol. The zero-order chi connectivity index (χ0) is 19.9. The summed E-state index contributed by atoms with van der Waals surface area (Å²) in [5, 5.41) is 18.7. The van der Waals surface area contributed by atoms with Crippen molar-refractivity contribution in [1.29, 1.82) is 0 Å². The maximum Gasteiger partial charge on any atom is 0.119 e. The van der Waals surface area contributed by atoms with Crippen molar-refractivity contribution in [1.82, 2.24) is 0 Å². The molecule has 0 fully saturated rings. The minimum atomic E-state index is -1.10. The highest BCUT2D eigenvalue weighted by atomic mass is 35.5. The largest absolute Gasteiger partial charge is 0.491 e. The lowest BCUT2D eigenvalue weighted by molar-refractivity contribution is 0.0842. The van der Waals surface area contributed by atoms with E-state index in [4.69, 9.17) is 21.1 Å². The van der Waals surface area contributed by atoms with Gasteiger partial charge in [0.2, 0.25) is 0 Å². The first kappa shape index (κ1) is 21.5. The second-order valence-electron chi connectivity index (χ2n) is 6.91. The lowest BCUT2D eigenvalue weighted by atomic mass is 9.78. The predicted octanol–water partition coefficient (Wildman–Crippen LogP) is 3.70. The van der Waals surface area contributed by atoms with Crippen molar-refractivity contribution in [3.63, 3.8) is 0 Å². The number of rotatable bonds is 10. The number of hydrogen-bond acceptors (Lipinski definition) is 4. The molecule has 0 heterocycles. The summed E-state index contributed by atoms with van der Waals surface area (Å²) in [4.78, 5) is 0. The minimum absolute atomic E-state index is 0.0703. The van der Waals surface area contributed by atoms with Gasteiger partial charge < -0.3 is 19.7 Å². The molecule has 2 aromatic carbocycles. The molecule has 6 heteroatoms. The zero-order valence-corrected chi connectivity index (χ0v) is 16.3. The van der Waals surface area contributed by atoms with Crippen LogP contribution in [0.1, 0.15) is 25.0 Å². The Morgan fingerprint density at radius 1 is 0.852 bits per heavy atom. The minimum Gasteiger partial charge on any atom is -0.491 e. The quantitative estimate of drug-likeness (QED) is 0.602. The van der Waals surface area contributed by atoms with E-state index in [0.29, 0.717) is 11.5 Å². The number of ether oxygens (including phenoxy) is 2. The van der Waals surface area contributed by atoms with E-state index in [1.54, 1.807) is 0 Å². The summed E-state index contributed by atoms with van der Waals surface area (Å²) in [5.41, 5.74) is 1.95. The van der Waals surface area contributed by atoms with Crippen molar-refractivity contribution < 1.29 is 24.1 Å². The Morgan fingerprint density at radius 2 is 1.26 bits per heavy atom. The van der Waals surface area contributed by atoms with Crippen LogP contribution in [-0.4, -0.2) is 48.2 Å². The van der Waals surface area contributed by atoms with Crippen molar-refractivity contribution in [2.45, 2.75) is 31.5 Å². The van der Waals surface area contributed by atoms with Crippen molar-refractivity contribution in [2.24, 2.45) is 0 Å². The van der Waals surface area contributed by atoms with Crippen molar-refractivity contribution >= 4 is 11.6 Å². The highest BCUT2D eigenvalue weighted by molar-refractivity contribution is 6.18. The third kappa shape index (κ3) is 6.09. The van der Waals surface area contributed by atoms with Crippen LogP contribution in [-0.2, 0) is 5.41 Å². The van der Waals surface area contributed by atoms with Crippen LogP contribution in [0.15, 0.2) is 48.5 Å². The summed E-state index contributed by atoms with van der Waals surface area (Å²) in [5.74, 6) is 1.40. The Morgan fingerprint density at radius 3 is 1.63 bits per heavy atom. The number of alkyl halides is 2. The fourth-order valence-electron chi connectivity index (χ4n) is 2.58. The molecule has 2 N–H and O–H groups in total. The van der Waals surface area contributed by atoms with Crippen LogP contribution >= 0.6 is 11.6 Å². The molecule has 0 saturated heterocycles. The average Bonchev–Trinajstić information content (AvgIpc) is 2.70. The summed E-state index contributed by atoms with van der Waals surface area (Å²) in [6.07, 6.45) is -1.79. The number of aliphatic hydroxyl groups is 2. The van der Waals surface area contributed by atoms with Gasteiger partial charge in [0.1, 0.15) is 43.6 Å². The van der Waals surface area contributed by atoms with E-state index >= 15 is 0 Å². The van der Waals surface area contributed by atoms with Gasteiger partial charge in [-0.15, -0.1) is 11.6 Å². The van der Waals surface area contributed by atoms with Crippen molar-refractivity contribution in [3.8, 4) is 11.5 Å². The lowest BCUT2D eigenvalue weighted by Gasteiger charge is -2.26. The van der Waals surface area contributed by atoms with E-state index in [1.807, 2.05) is 48.5 Å². The van der Waals surface area contributed by atoms with Gasteiger partial charge >= 0.3 is 0 Å². The molecule has 0 spiro atoms. The molecular formula is C21H26ClFO4. The Balaban J connectivity index is 2.04. The van der Waals surface area contributed by atoms with Crippen LogP contribution in [0.3, 0.4) is 0 Å². The normalized spacial score (nSPS) is 13.9. The third-order valence-corrected chi connectivity index (χ3v) is 4.75. The lowest BCUT2D eigenvalue weighted by Crippen LogP contribution is -2.20. The molecule has 0 saturated carbocycles. The van der Waals surface area contributed by atoms with Gasteiger partial charge in [-0.2, -0.15) is 0 Å². The molecular weight excluding hydrogens is 370 g/mol. The average molecular weight is 396 g/mol. The van der Waals surface area contributed by atoms with E-state index < -0.39 is 18.9 Å². The molecule has 0 aliphatic heterocycles. The van der Waals surface area contributed by atoms with Crippen LogP contribution in [0.4, 0.5) is 4.39 Å². The summed E-state index contributed by atoms with van der Waals surface area (Å²) in [6.45, 7) is 3.49. The SMILES string of the molecule is CC(C)(c1ccc(OCC(O)C[18F])cc1)c1ccc(OCC(O)CCl)cc1. The first-order chi connectivity index (χ1) is 12.9. The number of halogens is 2. The van der Waals surface area contributed by atoms with E-state index in [-0.39, 0.29) is 24.5 Å². The molecule has 0 bridgehead atoms. The van der Waals surface area contributed by atoms with Gasteiger partial charge in [0.25, 0.3) is 0 Å². The van der Waals surface area contributed by atoms with E-state index in [0.717, 1.165) is 11.1 Å². The Bertz CT molecular complexity index is 629. The second-order valence-corrected chi connectivity index (χ2v) is 7.22. The maximum atomic E-state index is 12.3. The Labute approximate surface area is 164 Å². The van der Waals surface area contributed by atoms with Gasteiger partial charge in [-0.25, -0.2) is 4.39 Å². The third-order valence-electron chi connectivity index (χ3n) is 4.39. The molecule has 0 aliphatic carbocycles. The zero-order valence-electron chi connectivity index (χ0n) is 15.6. The van der Waals surface area contributed by atoms with Crippen LogP contribution in [0.2, 0.25) is 0 Å². The van der Waals surface area contributed by atoms with Gasteiger partial charge in [0.05, 0.1) is 5.88 Å². The Hall–Kier alpha value is -1.82. The fourth-order valence-corrected chi connectivity index (χ4v) is 2.67. The molecule has 2 aromatic rings. The first-order valence-electron chi connectivity index (χ1n) is 8.81. The van der Waals surface area contributed by atoms with Crippen molar-refractivity contribution in [2.75, 3.05) is 25.8 Å². The highest BCUT2D eigenvalue weighted by Crippen LogP contribution is 2.33. The monoisotopic (exact) mass is 395 g/mol. The number of aliphatic hydroxyl groups excluding tert-OH is 2. The van der Waals surface area contributed by atoms with E-state index in [1.165, 1.54) is 0 Å². The standard InChI is InChI=1S/C21H26ClFO4/c1-21(2,15-3-7-19(8-4-15)26-13-17(24)11-22)16-5-9-20(10-6-16)27-14-18(25)12-23/h3-10,17-18,24-25H,11-14H2,1-2H3/i23-1. The number of benzene rings is 2. The van der Waals surface area contributed by atoms with Gasteiger partial charge in [-0.05, 0) is 35.4 Å². The van der Waals surface area contributed by atoms with E-state index in [9.17, 15) is 14.6 Å². The molecule has 2 atom stereocenters. The van der Waals surface area contributed by atoms with Gasteiger partial charge in [0.15, 0.2) is 0 Å². The smallest absolute Gasteiger partial charge is 0.119 e. The van der Waals surface area contributed by atoms with Gasteiger partial charge in [-0.1, -0.05) is 38.1 Å². The molecule has 0 aliphatic rings. The summed E-state index contributed by atoms with van der Waals surface area (Å²) < 4.78 is 23.1. The maximum absolute atomic E-state index is 12.3. The molecule has 27 heavy (non-hydrogen) atoms. The molecule has 4 nitrogen and oxygen atoms in total. The summed E-state index contributed by atoms with van der Waals surface area (Å²) in [6, 6.07) is 15.3. The van der Waals surface area contributed by atoms with Crippen molar-refractivity contribution in [3.05, 3.63) is 59.7 Å². The van der Waals surface area contributed by atoms with Gasteiger partial charge in [0, 0.05) is 5.41 Å². The molecule has 2 rings (SSSR count).